The topological polar surface area (TPSA) is 123 Å². The third-order valence-corrected chi connectivity index (χ3v) is 3.09. The molecule has 0 atom stereocenters. The Morgan fingerprint density at radius 1 is 1.37 bits per heavy atom. The van der Waals surface area contributed by atoms with Crippen molar-refractivity contribution in [2.75, 3.05) is 25.6 Å². The average Bonchev–Trinajstić information content (AvgIpc) is 2.68. The Morgan fingerprint density at radius 3 is 2.70 bits per heavy atom. The predicted molar refractivity (Wildman–Crippen MR) is 95.8 cm³/mol. The number of nitrogens with zero attached hydrogens (tertiary/aromatic N) is 4. The number of benzene rings is 1. The Kier molecular flexibility index (Phi) is 9.11. The molecule has 0 radical (unpaired) electrons. The van der Waals surface area contributed by atoms with Gasteiger partial charge in [-0.15, -0.1) is 0 Å². The highest BCUT2D eigenvalue weighted by Crippen LogP contribution is 2.24. The molecule has 0 unspecified atom stereocenters. The fourth-order valence-electron chi connectivity index (χ4n) is 1.85. The van der Waals surface area contributed by atoms with Crippen molar-refractivity contribution < 1.29 is 18.8 Å². The molecule has 0 spiro atoms. The lowest BCUT2D eigenvalue weighted by molar-refractivity contribution is -0.384. The van der Waals surface area contributed by atoms with Crippen molar-refractivity contribution in [3.8, 4) is 12.1 Å². The van der Waals surface area contributed by atoms with E-state index >= 15 is 0 Å². The molecule has 2 rings (SSSR count). The number of nitriles is 1. The summed E-state index contributed by atoms with van der Waals surface area (Å²) in [7, 11) is 1.50. The van der Waals surface area contributed by atoms with Crippen LogP contribution in [0.15, 0.2) is 24.4 Å². The quantitative estimate of drug-likeness (QED) is 0.423. The van der Waals surface area contributed by atoms with Crippen molar-refractivity contribution in [1.82, 2.24) is 9.97 Å². The van der Waals surface area contributed by atoms with Crippen LogP contribution in [0.3, 0.4) is 0 Å². The van der Waals surface area contributed by atoms with Crippen molar-refractivity contribution >= 4 is 11.5 Å². The fraction of sp³-hybridized carbons (Fsp3) is 0.353. The van der Waals surface area contributed by atoms with Crippen LogP contribution in [0, 0.1) is 27.3 Å². The number of hydrogen-bond acceptors (Lipinski definition) is 8. The smallest absolute Gasteiger partial charge is 0.329 e. The van der Waals surface area contributed by atoms with Crippen molar-refractivity contribution in [1.29, 1.82) is 5.26 Å². The Bertz CT molecular complexity index is 810. The maximum atomic E-state index is 13.9. The fourth-order valence-corrected chi connectivity index (χ4v) is 1.85. The number of aromatic nitrogens is 2. The van der Waals surface area contributed by atoms with Gasteiger partial charge in [-0.25, -0.2) is 4.39 Å². The summed E-state index contributed by atoms with van der Waals surface area (Å²) in [6.07, 6.45) is 1.01. The maximum absolute atomic E-state index is 13.9. The van der Waals surface area contributed by atoms with Crippen LogP contribution < -0.4 is 10.1 Å². The van der Waals surface area contributed by atoms with Gasteiger partial charge in [0.05, 0.1) is 23.2 Å². The van der Waals surface area contributed by atoms with E-state index in [0.29, 0.717) is 6.61 Å². The zero-order valence-electron chi connectivity index (χ0n) is 15.2. The summed E-state index contributed by atoms with van der Waals surface area (Å²) in [6, 6.07) is 5.72. The van der Waals surface area contributed by atoms with Gasteiger partial charge in [-0.2, -0.15) is 15.2 Å². The predicted octanol–water partition coefficient (Wildman–Crippen LogP) is 3.06. The molecule has 1 heterocycles. The van der Waals surface area contributed by atoms with Gasteiger partial charge in [0.2, 0.25) is 5.82 Å². The lowest BCUT2D eigenvalue weighted by Gasteiger charge is -2.09. The molecule has 1 aromatic heterocycles. The first-order valence-electron chi connectivity index (χ1n) is 8.10. The van der Waals surface area contributed by atoms with Gasteiger partial charge in [0, 0.05) is 19.2 Å². The van der Waals surface area contributed by atoms with Crippen molar-refractivity contribution in [3.63, 3.8) is 0 Å². The highest BCUT2D eigenvalue weighted by molar-refractivity contribution is 5.55. The van der Waals surface area contributed by atoms with Gasteiger partial charge in [0.1, 0.15) is 18.6 Å². The van der Waals surface area contributed by atoms with Crippen LogP contribution in [-0.2, 0) is 11.3 Å². The first-order chi connectivity index (χ1) is 13.0. The van der Waals surface area contributed by atoms with E-state index in [-0.39, 0.29) is 41.8 Å². The van der Waals surface area contributed by atoms with Gasteiger partial charge >= 0.3 is 11.7 Å². The number of ether oxygens (including phenoxy) is 2. The lowest BCUT2D eigenvalue weighted by atomic mass is 10.1. The van der Waals surface area contributed by atoms with Gasteiger partial charge in [0.25, 0.3) is 0 Å². The number of anilines is 1. The molecule has 144 valence electrons. The average molecular weight is 377 g/mol. The summed E-state index contributed by atoms with van der Waals surface area (Å²) >= 11 is 0. The molecule has 0 bridgehead atoms. The second kappa shape index (κ2) is 11.3. The molecule has 0 aliphatic carbocycles. The zero-order valence-corrected chi connectivity index (χ0v) is 15.2. The largest absolute Gasteiger partial charge is 0.461 e. The van der Waals surface area contributed by atoms with Crippen LogP contribution in [-0.4, -0.2) is 35.2 Å². The number of halogens is 1. The number of methoxy groups -OCH3 is 1. The van der Waals surface area contributed by atoms with Crippen LogP contribution in [0.2, 0.25) is 0 Å². The first-order valence-corrected chi connectivity index (χ1v) is 8.10. The van der Waals surface area contributed by atoms with Crippen molar-refractivity contribution in [2.24, 2.45) is 0 Å². The summed E-state index contributed by atoms with van der Waals surface area (Å²) in [6.45, 7) is 4.42. The molecule has 0 saturated heterocycles. The van der Waals surface area contributed by atoms with Crippen LogP contribution in [0.25, 0.3) is 0 Å². The number of nitro groups is 1. The van der Waals surface area contributed by atoms with Crippen LogP contribution in [0.1, 0.15) is 25.0 Å². The van der Waals surface area contributed by atoms with E-state index in [1.807, 2.05) is 19.9 Å². The minimum Gasteiger partial charge on any atom is -0.461 e. The molecule has 1 aromatic carbocycles. The summed E-state index contributed by atoms with van der Waals surface area (Å²) < 4.78 is 23.9. The normalized spacial score (nSPS) is 9.59. The monoisotopic (exact) mass is 377 g/mol. The molecule has 0 amide bonds. The highest BCUT2D eigenvalue weighted by atomic mass is 19.1. The molecular formula is C17H20FN5O4. The van der Waals surface area contributed by atoms with Gasteiger partial charge in [-0.3, -0.25) is 10.1 Å². The Hall–Kier alpha value is -3.32. The van der Waals surface area contributed by atoms with E-state index in [2.05, 4.69) is 15.3 Å². The van der Waals surface area contributed by atoms with Crippen LogP contribution >= 0.6 is 0 Å². The number of hydrogen-bond donors (Lipinski definition) is 1. The highest BCUT2D eigenvalue weighted by Gasteiger charge is 2.18. The number of rotatable bonds is 8. The van der Waals surface area contributed by atoms with E-state index < -0.39 is 10.7 Å². The van der Waals surface area contributed by atoms with Gasteiger partial charge < -0.3 is 14.8 Å². The first kappa shape index (κ1) is 21.7. The Balaban J connectivity index is 0.00000176. The third-order valence-electron chi connectivity index (χ3n) is 3.09. The minimum absolute atomic E-state index is 0.0626. The minimum atomic E-state index is -0.656. The number of nitrogens with one attached hydrogen (secondary N) is 1. The molecule has 0 saturated carbocycles. The van der Waals surface area contributed by atoms with Gasteiger partial charge in [-0.1, -0.05) is 19.9 Å². The molecule has 27 heavy (non-hydrogen) atoms. The molecule has 10 heteroatoms. The molecule has 0 aliphatic heterocycles. The standard InChI is InChI=1S/C15H14FN5O4.C2H6/c1-24-4-5-25-15-19-9-13(21(22)23)14(20-15)18-8-11-3-2-10(7-17)6-12(11)16;1-2/h2-3,6,9H,4-5,8H2,1H3,(H,18,19,20);1-2H3. The maximum Gasteiger partial charge on any atom is 0.329 e. The SMILES string of the molecule is CC.COCCOc1ncc([N+](=O)[O-])c(NCc2ccc(C#N)cc2F)n1. The molecule has 0 fully saturated rings. The van der Waals surface area contributed by atoms with Gasteiger partial charge in [0.15, 0.2) is 0 Å². The summed E-state index contributed by atoms with van der Waals surface area (Å²) in [5.41, 5.74) is 0.0463. The summed E-state index contributed by atoms with van der Waals surface area (Å²) in [5, 5.41) is 22.5. The molecule has 9 nitrogen and oxygen atoms in total. The van der Waals surface area contributed by atoms with E-state index in [0.717, 1.165) is 12.3 Å². The van der Waals surface area contributed by atoms with Gasteiger partial charge in [-0.05, 0) is 12.1 Å². The molecule has 1 N–H and O–H groups in total. The van der Waals surface area contributed by atoms with Crippen LogP contribution in [0.4, 0.5) is 15.9 Å². The molecule has 2 aromatic rings. The third kappa shape index (κ3) is 6.48. The van der Waals surface area contributed by atoms with E-state index in [1.165, 1.54) is 19.2 Å². The Labute approximate surface area is 155 Å². The summed E-state index contributed by atoms with van der Waals surface area (Å²) in [4.78, 5) is 18.1. The van der Waals surface area contributed by atoms with Crippen molar-refractivity contribution in [2.45, 2.75) is 20.4 Å². The van der Waals surface area contributed by atoms with E-state index in [9.17, 15) is 14.5 Å². The van der Waals surface area contributed by atoms with E-state index in [1.54, 1.807) is 0 Å². The lowest BCUT2D eigenvalue weighted by Crippen LogP contribution is -2.10. The van der Waals surface area contributed by atoms with Crippen molar-refractivity contribution in [3.05, 3.63) is 51.5 Å². The molecule has 0 aliphatic rings. The van der Waals surface area contributed by atoms with E-state index in [4.69, 9.17) is 14.7 Å². The second-order valence-corrected chi connectivity index (χ2v) is 4.76. The summed E-state index contributed by atoms with van der Waals surface area (Å²) in [5.74, 6) is -0.698. The Morgan fingerprint density at radius 2 is 2.11 bits per heavy atom. The zero-order chi connectivity index (χ0) is 20.2. The second-order valence-electron chi connectivity index (χ2n) is 4.76. The molecular weight excluding hydrogens is 357 g/mol. The van der Waals surface area contributed by atoms with Crippen LogP contribution in [0.5, 0.6) is 6.01 Å².